The van der Waals surface area contributed by atoms with E-state index in [2.05, 4.69) is 21.6 Å². The van der Waals surface area contributed by atoms with E-state index in [9.17, 15) is 9.59 Å². The van der Waals surface area contributed by atoms with E-state index in [1.807, 2.05) is 26.0 Å². The maximum absolute atomic E-state index is 12.6. The molecule has 0 saturated carbocycles. The maximum atomic E-state index is 12.6. The first-order chi connectivity index (χ1) is 16.3. The van der Waals surface area contributed by atoms with Crippen LogP contribution in [0.1, 0.15) is 41.3 Å². The van der Waals surface area contributed by atoms with Crippen molar-refractivity contribution in [2.24, 2.45) is 0 Å². The van der Waals surface area contributed by atoms with Crippen LogP contribution in [0.4, 0.5) is 10.8 Å². The normalized spacial score (nSPS) is 15.6. The van der Waals surface area contributed by atoms with Crippen molar-refractivity contribution in [3.8, 4) is 5.75 Å². The first-order valence-electron chi connectivity index (χ1n) is 10.9. The molecule has 10 heteroatoms. The predicted molar refractivity (Wildman–Crippen MR) is 135 cm³/mol. The summed E-state index contributed by atoms with van der Waals surface area (Å²) < 4.78 is 5.60. The fourth-order valence-corrected chi connectivity index (χ4v) is 5.18. The van der Waals surface area contributed by atoms with Gasteiger partial charge in [0.15, 0.2) is 0 Å². The van der Waals surface area contributed by atoms with Crippen molar-refractivity contribution in [2.75, 3.05) is 23.4 Å². The number of rotatable bonds is 8. The van der Waals surface area contributed by atoms with Gasteiger partial charge in [-0.15, -0.1) is 10.2 Å². The lowest BCUT2D eigenvalue weighted by molar-refractivity contribution is -0.117. The lowest BCUT2D eigenvalue weighted by atomic mass is 10.1. The van der Waals surface area contributed by atoms with Crippen LogP contribution in [0.2, 0.25) is 10.0 Å². The molecule has 1 aliphatic heterocycles. The molecule has 34 heavy (non-hydrogen) atoms. The minimum absolute atomic E-state index is 0.0472. The summed E-state index contributed by atoms with van der Waals surface area (Å²) >= 11 is 13.3. The van der Waals surface area contributed by atoms with Gasteiger partial charge in [-0.25, -0.2) is 0 Å². The van der Waals surface area contributed by atoms with Crippen molar-refractivity contribution in [1.82, 2.24) is 10.2 Å². The first kappa shape index (κ1) is 24.4. The summed E-state index contributed by atoms with van der Waals surface area (Å²) in [6, 6.07) is 11.1. The third-order valence-electron chi connectivity index (χ3n) is 5.38. The van der Waals surface area contributed by atoms with Crippen LogP contribution in [0.25, 0.3) is 0 Å². The molecule has 0 aliphatic carbocycles. The van der Waals surface area contributed by atoms with Gasteiger partial charge in [-0.1, -0.05) is 40.6 Å². The summed E-state index contributed by atoms with van der Waals surface area (Å²) in [5.41, 5.74) is 3.15. The smallest absolute Gasteiger partial charge is 0.227 e. The van der Waals surface area contributed by atoms with E-state index in [-0.39, 0.29) is 24.2 Å². The van der Waals surface area contributed by atoms with Crippen LogP contribution in [-0.2, 0) is 9.59 Å². The second-order valence-electron chi connectivity index (χ2n) is 8.27. The highest BCUT2D eigenvalue weighted by atomic mass is 35.5. The average molecular weight is 519 g/mol. The molecule has 0 bridgehead atoms. The molecule has 7 nitrogen and oxygen atoms in total. The number of halogens is 2. The summed E-state index contributed by atoms with van der Waals surface area (Å²) in [4.78, 5) is 26.7. The second kappa shape index (κ2) is 10.7. The quantitative estimate of drug-likeness (QED) is 0.382. The maximum Gasteiger partial charge on any atom is 0.227 e. The van der Waals surface area contributed by atoms with Crippen LogP contribution in [0.15, 0.2) is 36.4 Å². The molecule has 1 N–H and O–H groups in total. The molecule has 4 rings (SSSR count). The molecular formula is C24H24Cl2N4O3S. The molecule has 1 aliphatic rings. The van der Waals surface area contributed by atoms with Gasteiger partial charge in [0.2, 0.25) is 16.9 Å². The Balaban J connectivity index is 1.27. The van der Waals surface area contributed by atoms with Gasteiger partial charge in [0.25, 0.3) is 0 Å². The zero-order chi connectivity index (χ0) is 24.2. The third kappa shape index (κ3) is 6.05. The number of anilines is 2. The number of nitrogens with one attached hydrogen (secondary N) is 1. The SMILES string of the molecule is Cc1cc(C)cc(N2CC(c3nnc(NC(=O)CCCOc4ccc(Cl)cc4Cl)s3)CC2=O)c1. The number of nitrogens with zero attached hydrogens (tertiary/aromatic N) is 3. The van der Waals surface area contributed by atoms with E-state index in [0.717, 1.165) is 21.8 Å². The molecule has 1 atom stereocenters. The molecule has 2 heterocycles. The Morgan fingerprint density at radius 2 is 1.94 bits per heavy atom. The number of hydrogen-bond acceptors (Lipinski definition) is 6. The zero-order valence-corrected chi connectivity index (χ0v) is 21.1. The zero-order valence-electron chi connectivity index (χ0n) is 18.8. The van der Waals surface area contributed by atoms with Crippen molar-refractivity contribution < 1.29 is 14.3 Å². The van der Waals surface area contributed by atoms with Gasteiger partial charge in [0, 0.05) is 36.0 Å². The highest BCUT2D eigenvalue weighted by Crippen LogP contribution is 2.35. The number of hydrogen-bond donors (Lipinski definition) is 1. The van der Waals surface area contributed by atoms with Crippen LogP contribution >= 0.6 is 34.5 Å². The van der Waals surface area contributed by atoms with E-state index < -0.39 is 0 Å². The molecule has 1 fully saturated rings. The topological polar surface area (TPSA) is 84.4 Å². The Morgan fingerprint density at radius 3 is 2.68 bits per heavy atom. The molecular weight excluding hydrogens is 495 g/mol. The third-order valence-corrected chi connectivity index (χ3v) is 6.91. The van der Waals surface area contributed by atoms with Gasteiger partial charge < -0.3 is 15.0 Å². The number of carbonyl (C=O) groups is 2. The van der Waals surface area contributed by atoms with Crippen molar-refractivity contribution in [3.63, 3.8) is 0 Å². The van der Waals surface area contributed by atoms with E-state index in [1.165, 1.54) is 11.3 Å². The molecule has 2 aromatic carbocycles. The number of carbonyl (C=O) groups excluding carboxylic acids is 2. The molecule has 178 valence electrons. The highest BCUT2D eigenvalue weighted by molar-refractivity contribution is 7.15. The summed E-state index contributed by atoms with van der Waals surface area (Å²) in [5.74, 6) is 0.375. The van der Waals surface area contributed by atoms with Crippen molar-refractivity contribution in [1.29, 1.82) is 0 Å². The fourth-order valence-electron chi connectivity index (χ4n) is 3.87. The molecule has 0 spiro atoms. The predicted octanol–water partition coefficient (Wildman–Crippen LogP) is 5.78. The van der Waals surface area contributed by atoms with Crippen LogP contribution in [0.3, 0.4) is 0 Å². The Morgan fingerprint density at radius 1 is 1.18 bits per heavy atom. The minimum atomic E-state index is -0.173. The minimum Gasteiger partial charge on any atom is -0.492 e. The fraction of sp³-hybridized carbons (Fsp3) is 0.333. The second-order valence-corrected chi connectivity index (χ2v) is 10.1. The number of aryl methyl sites for hydroxylation is 2. The lowest BCUT2D eigenvalue weighted by Gasteiger charge is -2.17. The first-order valence-corrected chi connectivity index (χ1v) is 12.5. The van der Waals surface area contributed by atoms with Gasteiger partial charge >= 0.3 is 0 Å². The summed E-state index contributed by atoms with van der Waals surface area (Å²) in [5, 5.41) is 13.2. The molecule has 0 radical (unpaired) electrons. The number of aromatic nitrogens is 2. The van der Waals surface area contributed by atoms with Crippen molar-refractivity contribution in [2.45, 2.75) is 39.0 Å². The summed E-state index contributed by atoms with van der Waals surface area (Å²) in [6.45, 7) is 4.93. The average Bonchev–Trinajstić information content (AvgIpc) is 3.38. The summed E-state index contributed by atoms with van der Waals surface area (Å²) in [6.07, 6.45) is 1.15. The number of amides is 2. The van der Waals surface area contributed by atoms with Crippen molar-refractivity contribution in [3.05, 3.63) is 62.6 Å². The van der Waals surface area contributed by atoms with Crippen LogP contribution in [0, 0.1) is 13.8 Å². The van der Waals surface area contributed by atoms with Crippen molar-refractivity contribution >= 4 is 57.2 Å². The number of benzene rings is 2. The van der Waals surface area contributed by atoms with Gasteiger partial charge in [-0.05, 0) is 61.7 Å². The van der Waals surface area contributed by atoms with Gasteiger partial charge in [-0.3, -0.25) is 9.59 Å². The monoisotopic (exact) mass is 518 g/mol. The molecule has 1 unspecified atom stereocenters. The highest BCUT2D eigenvalue weighted by Gasteiger charge is 2.34. The summed E-state index contributed by atoms with van der Waals surface area (Å²) in [7, 11) is 0. The molecule has 3 aromatic rings. The van der Waals surface area contributed by atoms with Gasteiger partial charge in [-0.2, -0.15) is 0 Å². The van der Waals surface area contributed by atoms with Gasteiger partial charge in [0.05, 0.1) is 11.6 Å². The van der Waals surface area contributed by atoms with E-state index in [1.54, 1.807) is 23.1 Å². The number of ether oxygens (including phenoxy) is 1. The molecule has 1 saturated heterocycles. The van der Waals surface area contributed by atoms with E-state index in [4.69, 9.17) is 27.9 Å². The van der Waals surface area contributed by atoms with Crippen LogP contribution in [-0.4, -0.2) is 35.2 Å². The Hall–Kier alpha value is -2.68. The Labute approximate surface area is 212 Å². The Bertz CT molecular complexity index is 1200. The molecule has 1 aromatic heterocycles. The standard InChI is InChI=1S/C24H24Cl2N4O3S/c1-14-8-15(2)10-18(9-14)30-13-16(11-22(30)32)23-28-29-24(34-23)27-21(31)4-3-7-33-20-6-5-17(25)12-19(20)26/h5-6,8-10,12,16H,3-4,7,11,13H2,1-2H3,(H,27,29,31). The largest absolute Gasteiger partial charge is 0.492 e. The Kier molecular flexibility index (Phi) is 7.70. The van der Waals surface area contributed by atoms with E-state index in [0.29, 0.717) is 46.9 Å². The molecule has 2 amide bonds. The van der Waals surface area contributed by atoms with Crippen LogP contribution in [0.5, 0.6) is 5.75 Å². The lowest BCUT2D eigenvalue weighted by Crippen LogP contribution is -2.24. The van der Waals surface area contributed by atoms with E-state index >= 15 is 0 Å². The van der Waals surface area contributed by atoms with Crippen LogP contribution < -0.4 is 15.0 Å². The van der Waals surface area contributed by atoms with Gasteiger partial charge in [0.1, 0.15) is 10.8 Å².